The SMILES string of the molecule is CS(=O)(=O)N1CC2CC1CN2c1ncnc2c(-c3ccc(Cl)cc3)c(-c3ccccc3Cl)nn12. The highest BCUT2D eigenvalue weighted by atomic mass is 35.5. The van der Waals surface area contributed by atoms with Gasteiger partial charge in [-0.05, 0) is 30.2 Å². The fourth-order valence-corrected chi connectivity index (χ4v) is 6.55. The van der Waals surface area contributed by atoms with E-state index in [-0.39, 0.29) is 12.1 Å². The van der Waals surface area contributed by atoms with E-state index in [0.29, 0.717) is 40.4 Å². The lowest BCUT2D eigenvalue weighted by Crippen LogP contribution is -2.49. The topological polar surface area (TPSA) is 83.7 Å². The van der Waals surface area contributed by atoms with Crippen LogP contribution in [0.25, 0.3) is 28.0 Å². The summed E-state index contributed by atoms with van der Waals surface area (Å²) in [7, 11) is -3.24. The molecule has 0 radical (unpaired) electrons. The Morgan fingerprint density at radius 2 is 1.74 bits per heavy atom. The third kappa shape index (κ3) is 3.46. The molecular formula is C23H20Cl2N6O2S. The van der Waals surface area contributed by atoms with E-state index >= 15 is 0 Å². The van der Waals surface area contributed by atoms with Crippen LogP contribution in [0, 0.1) is 0 Å². The van der Waals surface area contributed by atoms with E-state index in [0.717, 1.165) is 23.1 Å². The molecule has 4 heterocycles. The van der Waals surface area contributed by atoms with Crippen molar-refractivity contribution in [3.63, 3.8) is 0 Å². The molecule has 0 aliphatic carbocycles. The molecule has 2 saturated heterocycles. The van der Waals surface area contributed by atoms with Gasteiger partial charge in [0.05, 0.1) is 16.8 Å². The van der Waals surface area contributed by atoms with Gasteiger partial charge in [0.15, 0.2) is 5.65 Å². The van der Waals surface area contributed by atoms with E-state index in [2.05, 4.69) is 14.9 Å². The summed E-state index contributed by atoms with van der Waals surface area (Å²) < 4.78 is 27.6. The second-order valence-corrected chi connectivity index (χ2v) is 11.4. The van der Waals surface area contributed by atoms with Crippen LogP contribution in [-0.4, -0.2) is 63.7 Å². The Labute approximate surface area is 206 Å². The largest absolute Gasteiger partial charge is 0.335 e. The Morgan fingerprint density at radius 3 is 2.41 bits per heavy atom. The number of hydrogen-bond acceptors (Lipinski definition) is 6. The van der Waals surface area contributed by atoms with Crippen LogP contribution in [-0.2, 0) is 10.0 Å². The molecule has 2 fully saturated rings. The van der Waals surface area contributed by atoms with E-state index in [4.69, 9.17) is 28.3 Å². The van der Waals surface area contributed by atoms with Gasteiger partial charge < -0.3 is 4.90 Å². The molecule has 8 nitrogen and oxygen atoms in total. The summed E-state index contributed by atoms with van der Waals surface area (Å²) in [6, 6.07) is 15.1. The van der Waals surface area contributed by atoms with Gasteiger partial charge in [0.25, 0.3) is 0 Å². The van der Waals surface area contributed by atoms with Crippen LogP contribution >= 0.6 is 23.2 Å². The molecule has 2 aromatic carbocycles. The van der Waals surface area contributed by atoms with Crippen molar-refractivity contribution in [3.8, 4) is 22.4 Å². The number of nitrogens with zero attached hydrogens (tertiary/aromatic N) is 6. The van der Waals surface area contributed by atoms with Crippen molar-refractivity contribution < 1.29 is 8.42 Å². The number of benzene rings is 2. The predicted molar refractivity (Wildman–Crippen MR) is 133 cm³/mol. The van der Waals surface area contributed by atoms with Gasteiger partial charge in [-0.2, -0.15) is 13.9 Å². The molecule has 0 saturated carbocycles. The molecule has 6 rings (SSSR count). The first-order chi connectivity index (χ1) is 16.3. The van der Waals surface area contributed by atoms with Crippen molar-refractivity contribution in [2.24, 2.45) is 0 Å². The Morgan fingerprint density at radius 1 is 0.971 bits per heavy atom. The quantitative estimate of drug-likeness (QED) is 0.409. The number of aromatic nitrogens is 4. The maximum atomic E-state index is 12.1. The first-order valence-electron chi connectivity index (χ1n) is 10.8. The summed E-state index contributed by atoms with van der Waals surface area (Å²) in [5.41, 5.74) is 3.86. The van der Waals surface area contributed by atoms with Crippen molar-refractivity contribution in [1.29, 1.82) is 0 Å². The van der Waals surface area contributed by atoms with Crippen molar-refractivity contribution in [1.82, 2.24) is 23.9 Å². The summed E-state index contributed by atoms with van der Waals surface area (Å²) >= 11 is 12.7. The molecule has 2 bridgehead atoms. The molecule has 2 aliphatic heterocycles. The molecule has 2 atom stereocenters. The zero-order valence-electron chi connectivity index (χ0n) is 18.1. The van der Waals surface area contributed by atoms with Crippen LogP contribution in [0.4, 0.5) is 5.95 Å². The molecule has 4 aromatic rings. The van der Waals surface area contributed by atoms with Gasteiger partial charge in [-0.1, -0.05) is 53.5 Å². The Balaban J connectivity index is 1.53. The molecule has 0 spiro atoms. The number of sulfonamides is 1. The summed E-state index contributed by atoms with van der Waals surface area (Å²) in [6.45, 7) is 0.999. The van der Waals surface area contributed by atoms with Crippen LogP contribution < -0.4 is 4.90 Å². The molecular weight excluding hydrogens is 495 g/mol. The van der Waals surface area contributed by atoms with Crippen molar-refractivity contribution in [2.45, 2.75) is 18.5 Å². The lowest BCUT2D eigenvalue weighted by Gasteiger charge is -2.33. The number of halogens is 2. The molecule has 174 valence electrons. The molecule has 0 N–H and O–H groups in total. The number of fused-ring (bicyclic) bond motifs is 3. The minimum Gasteiger partial charge on any atom is -0.335 e. The minimum atomic E-state index is -3.24. The van der Waals surface area contributed by atoms with Gasteiger partial charge in [0.2, 0.25) is 16.0 Å². The molecule has 11 heteroatoms. The Kier molecular flexibility index (Phi) is 5.07. The molecule has 2 aromatic heterocycles. The zero-order valence-corrected chi connectivity index (χ0v) is 20.5. The molecule has 34 heavy (non-hydrogen) atoms. The highest BCUT2D eigenvalue weighted by Crippen LogP contribution is 2.40. The number of hydrogen-bond donors (Lipinski definition) is 0. The lowest BCUT2D eigenvalue weighted by atomic mass is 10.0. The van der Waals surface area contributed by atoms with Crippen LogP contribution in [0.2, 0.25) is 10.0 Å². The summed E-state index contributed by atoms with van der Waals surface area (Å²) in [5, 5.41) is 6.16. The number of piperazine rings is 1. The standard InChI is InChI=1S/C23H20Cl2N6O2S/c1-34(32,33)30-12-16-10-17(30)11-29(16)23-27-13-26-22-20(14-6-8-15(24)9-7-14)21(28-31(22)23)18-4-2-3-5-19(18)25/h2-9,13,16-17H,10-12H2,1H3. The van der Waals surface area contributed by atoms with Gasteiger partial charge in [0, 0.05) is 35.8 Å². The van der Waals surface area contributed by atoms with Gasteiger partial charge >= 0.3 is 0 Å². The molecule has 0 amide bonds. The first-order valence-corrected chi connectivity index (χ1v) is 13.4. The van der Waals surface area contributed by atoms with E-state index in [1.54, 1.807) is 8.82 Å². The second-order valence-electron chi connectivity index (χ2n) is 8.65. The maximum absolute atomic E-state index is 12.1. The third-order valence-corrected chi connectivity index (χ3v) is 8.42. The molecule has 2 aliphatic rings. The van der Waals surface area contributed by atoms with Gasteiger partial charge in [-0.3, -0.25) is 0 Å². The smallest absolute Gasteiger partial charge is 0.230 e. The number of anilines is 1. The van der Waals surface area contributed by atoms with Gasteiger partial charge in [-0.25, -0.2) is 18.4 Å². The van der Waals surface area contributed by atoms with Crippen molar-refractivity contribution >= 4 is 44.8 Å². The summed E-state index contributed by atoms with van der Waals surface area (Å²) in [4.78, 5) is 11.3. The van der Waals surface area contributed by atoms with Crippen molar-refractivity contribution in [2.75, 3.05) is 24.2 Å². The Bertz CT molecular complexity index is 1520. The monoisotopic (exact) mass is 514 g/mol. The number of rotatable bonds is 4. The highest BCUT2D eigenvalue weighted by molar-refractivity contribution is 7.88. The lowest BCUT2D eigenvalue weighted by molar-refractivity contribution is 0.369. The van der Waals surface area contributed by atoms with Crippen LogP contribution in [0.3, 0.4) is 0 Å². The predicted octanol–water partition coefficient (Wildman–Crippen LogP) is 3.99. The highest BCUT2D eigenvalue weighted by Gasteiger charge is 2.48. The third-order valence-electron chi connectivity index (χ3n) is 6.54. The van der Waals surface area contributed by atoms with Gasteiger partial charge in [-0.15, -0.1) is 0 Å². The fraction of sp³-hybridized carbons (Fsp3) is 0.261. The summed E-state index contributed by atoms with van der Waals surface area (Å²) in [5.74, 6) is 0.638. The summed E-state index contributed by atoms with van der Waals surface area (Å²) in [6.07, 6.45) is 3.56. The van der Waals surface area contributed by atoms with E-state index < -0.39 is 10.0 Å². The normalized spacial score (nSPS) is 20.5. The van der Waals surface area contributed by atoms with Crippen LogP contribution in [0.5, 0.6) is 0 Å². The van der Waals surface area contributed by atoms with Gasteiger partial charge in [0.1, 0.15) is 12.0 Å². The van der Waals surface area contributed by atoms with E-state index in [1.807, 2.05) is 48.5 Å². The maximum Gasteiger partial charge on any atom is 0.230 e. The minimum absolute atomic E-state index is 0.0322. The average Bonchev–Trinajstić information content (AvgIpc) is 3.52. The van der Waals surface area contributed by atoms with E-state index in [1.165, 1.54) is 12.6 Å². The van der Waals surface area contributed by atoms with Crippen molar-refractivity contribution in [3.05, 3.63) is 64.9 Å². The average molecular weight is 515 g/mol. The molecule has 2 unspecified atom stereocenters. The second kappa shape index (κ2) is 7.91. The fourth-order valence-electron chi connectivity index (χ4n) is 5.06. The van der Waals surface area contributed by atoms with Crippen LogP contribution in [0.1, 0.15) is 6.42 Å². The zero-order chi connectivity index (χ0) is 23.6. The first kappa shape index (κ1) is 21.8. The van der Waals surface area contributed by atoms with E-state index in [9.17, 15) is 8.42 Å². The Hall–Kier alpha value is -2.72. The van der Waals surface area contributed by atoms with Crippen LogP contribution in [0.15, 0.2) is 54.9 Å².